The van der Waals surface area contributed by atoms with E-state index in [1.165, 1.54) is 11.3 Å². The summed E-state index contributed by atoms with van der Waals surface area (Å²) in [5, 5.41) is 0.612. The van der Waals surface area contributed by atoms with Crippen LogP contribution in [0.3, 0.4) is 0 Å². The molecule has 3 nitrogen and oxygen atoms in total. The summed E-state index contributed by atoms with van der Waals surface area (Å²) in [6.07, 6.45) is 0. The number of hydrogen-bond donors (Lipinski definition) is 1. The van der Waals surface area contributed by atoms with E-state index in [-0.39, 0.29) is 0 Å². The lowest BCUT2D eigenvalue weighted by Gasteiger charge is -2.06. The average molecular weight is 234 g/mol. The summed E-state index contributed by atoms with van der Waals surface area (Å²) in [5.74, 6) is 0.893. The Bertz CT molecular complexity index is 520. The van der Waals surface area contributed by atoms with Crippen molar-refractivity contribution in [3.8, 4) is 17.0 Å². The number of nitrogens with two attached hydrogens (primary N) is 1. The van der Waals surface area contributed by atoms with Gasteiger partial charge in [0.2, 0.25) is 0 Å². The van der Waals surface area contributed by atoms with Crippen LogP contribution in [0, 0.1) is 13.8 Å². The Morgan fingerprint density at radius 2 is 2.06 bits per heavy atom. The molecule has 1 aromatic heterocycles. The molecule has 0 aliphatic rings. The highest BCUT2D eigenvalue weighted by Crippen LogP contribution is 2.31. The van der Waals surface area contributed by atoms with Gasteiger partial charge in [-0.3, -0.25) is 0 Å². The zero-order valence-corrected chi connectivity index (χ0v) is 10.4. The van der Waals surface area contributed by atoms with Gasteiger partial charge in [-0.1, -0.05) is 0 Å². The van der Waals surface area contributed by atoms with Gasteiger partial charge < -0.3 is 10.5 Å². The standard InChI is InChI=1S/C12H14N2OS/c1-7-6-9(4-5-10(7)15-3)11-8(2)16-12(13)14-11/h4-6H,1-3H3,(H2,13,14). The molecule has 0 amide bonds. The predicted octanol–water partition coefficient (Wildman–Crippen LogP) is 3.02. The summed E-state index contributed by atoms with van der Waals surface area (Å²) >= 11 is 1.52. The molecule has 0 bridgehead atoms. The number of nitrogen functional groups attached to an aromatic ring is 1. The van der Waals surface area contributed by atoms with Crippen LogP contribution < -0.4 is 10.5 Å². The minimum atomic E-state index is 0.612. The second-order valence-corrected chi connectivity index (χ2v) is 4.88. The van der Waals surface area contributed by atoms with E-state index in [1.807, 2.05) is 26.0 Å². The average Bonchev–Trinajstić information content (AvgIpc) is 2.58. The molecule has 1 heterocycles. The molecule has 0 atom stereocenters. The fraction of sp³-hybridized carbons (Fsp3) is 0.250. The van der Waals surface area contributed by atoms with Gasteiger partial charge in [-0.15, -0.1) is 11.3 Å². The summed E-state index contributed by atoms with van der Waals surface area (Å²) in [4.78, 5) is 5.47. The summed E-state index contributed by atoms with van der Waals surface area (Å²) < 4.78 is 5.23. The molecule has 16 heavy (non-hydrogen) atoms. The highest BCUT2D eigenvalue weighted by Gasteiger charge is 2.09. The molecule has 0 radical (unpaired) electrons. The number of methoxy groups -OCH3 is 1. The minimum Gasteiger partial charge on any atom is -0.496 e. The van der Waals surface area contributed by atoms with Gasteiger partial charge in [0.1, 0.15) is 5.75 Å². The number of aromatic nitrogens is 1. The van der Waals surface area contributed by atoms with E-state index in [2.05, 4.69) is 11.1 Å². The third-order valence-corrected chi connectivity index (χ3v) is 3.28. The summed E-state index contributed by atoms with van der Waals surface area (Å²) in [6.45, 7) is 4.05. The molecule has 84 valence electrons. The summed E-state index contributed by atoms with van der Waals surface area (Å²) in [6, 6.07) is 6.04. The molecule has 0 fully saturated rings. The molecule has 2 N–H and O–H groups in total. The van der Waals surface area contributed by atoms with E-state index in [4.69, 9.17) is 10.5 Å². The molecule has 1 aromatic carbocycles. The van der Waals surface area contributed by atoms with Crippen molar-refractivity contribution in [1.29, 1.82) is 0 Å². The van der Waals surface area contributed by atoms with Crippen LogP contribution in [-0.2, 0) is 0 Å². The van der Waals surface area contributed by atoms with Crippen LogP contribution in [-0.4, -0.2) is 12.1 Å². The maximum Gasteiger partial charge on any atom is 0.180 e. The number of thiazole rings is 1. The van der Waals surface area contributed by atoms with E-state index in [1.54, 1.807) is 7.11 Å². The number of ether oxygens (including phenoxy) is 1. The number of rotatable bonds is 2. The molecular weight excluding hydrogens is 220 g/mol. The molecule has 0 saturated heterocycles. The van der Waals surface area contributed by atoms with Gasteiger partial charge in [-0.25, -0.2) is 4.98 Å². The van der Waals surface area contributed by atoms with Crippen molar-refractivity contribution in [2.75, 3.05) is 12.8 Å². The van der Waals surface area contributed by atoms with Gasteiger partial charge in [-0.2, -0.15) is 0 Å². The van der Waals surface area contributed by atoms with Gasteiger partial charge in [0, 0.05) is 10.4 Å². The van der Waals surface area contributed by atoms with Gasteiger partial charge >= 0.3 is 0 Å². The van der Waals surface area contributed by atoms with Crippen molar-refractivity contribution in [2.45, 2.75) is 13.8 Å². The molecule has 0 saturated carbocycles. The summed E-state index contributed by atoms with van der Waals surface area (Å²) in [5.41, 5.74) is 8.85. The Labute approximate surface area is 98.9 Å². The molecule has 4 heteroatoms. The molecule has 0 aliphatic heterocycles. The van der Waals surface area contributed by atoms with Crippen LogP contribution in [0.2, 0.25) is 0 Å². The van der Waals surface area contributed by atoms with Crippen molar-refractivity contribution in [1.82, 2.24) is 4.98 Å². The van der Waals surface area contributed by atoms with Crippen molar-refractivity contribution in [3.63, 3.8) is 0 Å². The lowest BCUT2D eigenvalue weighted by Crippen LogP contribution is -1.89. The first-order valence-corrected chi connectivity index (χ1v) is 5.81. The van der Waals surface area contributed by atoms with E-state index in [0.717, 1.165) is 27.4 Å². The van der Waals surface area contributed by atoms with Gasteiger partial charge in [0.15, 0.2) is 5.13 Å². The first-order chi connectivity index (χ1) is 7.61. The summed E-state index contributed by atoms with van der Waals surface area (Å²) in [7, 11) is 1.67. The lowest BCUT2D eigenvalue weighted by atomic mass is 10.1. The molecule has 2 aromatic rings. The van der Waals surface area contributed by atoms with Crippen LogP contribution in [0.25, 0.3) is 11.3 Å². The second-order valence-electron chi connectivity index (χ2n) is 3.64. The zero-order valence-electron chi connectivity index (χ0n) is 9.57. The highest BCUT2D eigenvalue weighted by atomic mass is 32.1. The highest BCUT2D eigenvalue weighted by molar-refractivity contribution is 7.15. The molecular formula is C12H14N2OS. The van der Waals surface area contributed by atoms with Gasteiger partial charge in [-0.05, 0) is 37.6 Å². The Morgan fingerprint density at radius 3 is 2.56 bits per heavy atom. The first kappa shape index (κ1) is 11.0. The van der Waals surface area contributed by atoms with Crippen LogP contribution in [0.5, 0.6) is 5.75 Å². The van der Waals surface area contributed by atoms with Crippen LogP contribution in [0.15, 0.2) is 18.2 Å². The van der Waals surface area contributed by atoms with E-state index in [0.29, 0.717) is 5.13 Å². The third kappa shape index (κ3) is 1.88. The fourth-order valence-electron chi connectivity index (χ4n) is 1.71. The Kier molecular flexibility index (Phi) is 2.83. The van der Waals surface area contributed by atoms with Crippen LogP contribution in [0.4, 0.5) is 5.13 Å². The minimum absolute atomic E-state index is 0.612. The Balaban J connectivity index is 2.49. The molecule has 0 unspecified atom stereocenters. The van der Waals surface area contributed by atoms with Gasteiger partial charge in [0.25, 0.3) is 0 Å². The lowest BCUT2D eigenvalue weighted by molar-refractivity contribution is 0.412. The quantitative estimate of drug-likeness (QED) is 0.869. The van der Waals surface area contributed by atoms with Crippen LogP contribution in [0.1, 0.15) is 10.4 Å². The number of benzene rings is 1. The number of nitrogens with zero attached hydrogens (tertiary/aromatic N) is 1. The fourth-order valence-corrected chi connectivity index (χ4v) is 2.42. The van der Waals surface area contributed by atoms with Crippen molar-refractivity contribution in [2.24, 2.45) is 0 Å². The number of aryl methyl sites for hydroxylation is 2. The zero-order chi connectivity index (χ0) is 11.7. The monoisotopic (exact) mass is 234 g/mol. The van der Waals surface area contributed by atoms with Crippen molar-refractivity contribution in [3.05, 3.63) is 28.6 Å². The number of hydrogen-bond acceptors (Lipinski definition) is 4. The number of anilines is 1. The van der Waals surface area contributed by atoms with Crippen LogP contribution >= 0.6 is 11.3 Å². The third-order valence-electron chi connectivity index (χ3n) is 2.48. The van der Waals surface area contributed by atoms with E-state index in [9.17, 15) is 0 Å². The first-order valence-electron chi connectivity index (χ1n) is 4.99. The van der Waals surface area contributed by atoms with E-state index < -0.39 is 0 Å². The van der Waals surface area contributed by atoms with Crippen molar-refractivity contribution >= 4 is 16.5 Å². The van der Waals surface area contributed by atoms with Gasteiger partial charge in [0.05, 0.1) is 12.8 Å². The molecule has 0 spiro atoms. The van der Waals surface area contributed by atoms with Crippen molar-refractivity contribution < 1.29 is 4.74 Å². The smallest absolute Gasteiger partial charge is 0.180 e. The maximum atomic E-state index is 5.69. The van der Waals surface area contributed by atoms with E-state index >= 15 is 0 Å². The Morgan fingerprint density at radius 1 is 1.31 bits per heavy atom. The molecule has 2 rings (SSSR count). The Hall–Kier alpha value is -1.55. The maximum absolute atomic E-state index is 5.69. The molecule has 0 aliphatic carbocycles. The topological polar surface area (TPSA) is 48.1 Å². The SMILES string of the molecule is COc1ccc(-c2nc(N)sc2C)cc1C. The normalized spacial score (nSPS) is 10.4. The largest absolute Gasteiger partial charge is 0.496 e. The predicted molar refractivity (Wildman–Crippen MR) is 68.0 cm³/mol. The second kappa shape index (κ2) is 4.14.